The van der Waals surface area contributed by atoms with Crippen LogP contribution in [0.5, 0.6) is 0 Å². The Hall–Kier alpha value is -2.69. The number of aryl methyl sites for hydroxylation is 1. The number of sulfonamides is 1. The van der Waals surface area contributed by atoms with Crippen LogP contribution in [0, 0.1) is 0 Å². The summed E-state index contributed by atoms with van der Waals surface area (Å²) in [5.41, 5.74) is 3.69. The topological polar surface area (TPSA) is 80.5 Å². The molecule has 11 heteroatoms. The summed E-state index contributed by atoms with van der Waals surface area (Å²) in [4.78, 5) is 16.1. The predicted octanol–water partition coefficient (Wildman–Crippen LogP) is 7.16. The predicted molar refractivity (Wildman–Crippen MR) is 151 cm³/mol. The van der Waals surface area contributed by atoms with Crippen LogP contribution < -0.4 is 4.72 Å². The van der Waals surface area contributed by atoms with E-state index in [4.69, 9.17) is 23.2 Å². The fourth-order valence-electron chi connectivity index (χ4n) is 3.52. The number of nitrogens with zero attached hydrogens (tertiary/aromatic N) is 2. The van der Waals surface area contributed by atoms with Crippen LogP contribution in [0.1, 0.15) is 30.8 Å². The van der Waals surface area contributed by atoms with E-state index in [1.807, 2.05) is 6.20 Å². The van der Waals surface area contributed by atoms with Gasteiger partial charge in [-0.1, -0.05) is 78.7 Å². The van der Waals surface area contributed by atoms with Gasteiger partial charge in [0.25, 0.3) is 10.0 Å². The molecule has 36 heavy (non-hydrogen) atoms. The molecule has 0 aliphatic heterocycles. The first-order valence-corrected chi connectivity index (χ1v) is 14.7. The number of hydrogen-bond donors (Lipinski definition) is 1. The molecule has 0 aliphatic carbocycles. The largest absolute Gasteiger partial charge is 0.288 e. The standard InChI is InChI=1S/C19H16N2S.C6H5Cl2NO3S2/c1-2-16-13-22-19-20-12-17(21(16)19)11-10-15-8-5-7-14-6-3-4-9-18(14)15;1-3(10)9-14(11,12)5-2-4(7)6(8)13-5/h3-13H,2H2,1H3;2H,1H3,(H,9,10)/b11-10+;. The van der Waals surface area contributed by atoms with E-state index in [2.05, 4.69) is 76.3 Å². The van der Waals surface area contributed by atoms with Crippen molar-refractivity contribution in [2.24, 2.45) is 0 Å². The van der Waals surface area contributed by atoms with Crippen molar-refractivity contribution in [3.05, 3.63) is 86.4 Å². The van der Waals surface area contributed by atoms with Gasteiger partial charge in [-0.25, -0.2) is 18.1 Å². The van der Waals surface area contributed by atoms with Gasteiger partial charge in [-0.15, -0.1) is 22.7 Å². The molecule has 0 radical (unpaired) electrons. The third kappa shape index (κ3) is 5.82. The lowest BCUT2D eigenvalue weighted by Crippen LogP contribution is -2.27. The van der Waals surface area contributed by atoms with Crippen LogP contribution in [0.25, 0.3) is 27.9 Å². The molecule has 3 heterocycles. The summed E-state index contributed by atoms with van der Waals surface area (Å²) in [6.45, 7) is 3.29. The highest BCUT2D eigenvalue weighted by Crippen LogP contribution is 2.34. The van der Waals surface area contributed by atoms with E-state index < -0.39 is 15.9 Å². The SMILES string of the molecule is CC(=O)NS(=O)(=O)c1cc(Cl)c(Cl)s1.CCc1csc2ncc(/C=C/c3cccc4ccccc34)n12. The Morgan fingerprint density at radius 1 is 1.14 bits per heavy atom. The van der Waals surface area contributed by atoms with Crippen LogP contribution in [0.3, 0.4) is 0 Å². The Labute approximate surface area is 226 Å². The molecule has 0 fully saturated rings. The molecule has 0 aliphatic rings. The molecule has 6 nitrogen and oxygen atoms in total. The van der Waals surface area contributed by atoms with Crippen molar-refractivity contribution in [2.45, 2.75) is 24.5 Å². The molecule has 1 N–H and O–H groups in total. The van der Waals surface area contributed by atoms with Gasteiger partial charge in [0.05, 0.1) is 16.9 Å². The lowest BCUT2D eigenvalue weighted by molar-refractivity contribution is -0.117. The summed E-state index contributed by atoms with van der Waals surface area (Å²) < 4.78 is 26.9. The number of benzene rings is 2. The second-order valence-electron chi connectivity index (χ2n) is 7.63. The molecule has 2 aromatic carbocycles. The molecule has 0 spiro atoms. The van der Waals surface area contributed by atoms with Crippen LogP contribution >= 0.6 is 45.9 Å². The smallest absolute Gasteiger partial charge is 0.273 e. The van der Waals surface area contributed by atoms with Crippen LogP contribution in [0.4, 0.5) is 0 Å². The number of amides is 1. The van der Waals surface area contributed by atoms with E-state index in [0.29, 0.717) is 0 Å². The number of carbonyl (C=O) groups excluding carboxylic acids is 1. The molecule has 3 aromatic heterocycles. The van der Waals surface area contributed by atoms with Gasteiger partial charge in [0.2, 0.25) is 5.91 Å². The van der Waals surface area contributed by atoms with Gasteiger partial charge in [0.15, 0.2) is 4.96 Å². The first-order chi connectivity index (χ1) is 17.2. The minimum absolute atomic E-state index is 0.0808. The van der Waals surface area contributed by atoms with Crippen molar-refractivity contribution >= 4 is 89.7 Å². The monoisotopic (exact) mass is 577 g/mol. The number of halogens is 2. The highest BCUT2D eigenvalue weighted by atomic mass is 35.5. The number of carbonyl (C=O) groups is 1. The Kier molecular flexibility index (Phi) is 8.17. The zero-order valence-electron chi connectivity index (χ0n) is 19.2. The number of hydrogen-bond acceptors (Lipinski definition) is 6. The first-order valence-electron chi connectivity index (χ1n) is 10.8. The molecule has 186 valence electrons. The zero-order chi connectivity index (χ0) is 25.9. The van der Waals surface area contributed by atoms with E-state index in [0.717, 1.165) is 35.3 Å². The van der Waals surface area contributed by atoms with E-state index in [1.54, 1.807) is 16.1 Å². The number of imidazole rings is 1. The molecular formula is C25H21Cl2N3O3S3. The maximum atomic E-state index is 11.4. The minimum atomic E-state index is -3.81. The van der Waals surface area contributed by atoms with Crippen molar-refractivity contribution in [2.75, 3.05) is 0 Å². The van der Waals surface area contributed by atoms with Gasteiger partial charge < -0.3 is 0 Å². The van der Waals surface area contributed by atoms with Crippen molar-refractivity contribution in [3.63, 3.8) is 0 Å². The summed E-state index contributed by atoms with van der Waals surface area (Å²) in [5.74, 6) is -0.661. The van der Waals surface area contributed by atoms with Crippen molar-refractivity contribution in [3.8, 4) is 0 Å². The van der Waals surface area contributed by atoms with Gasteiger partial charge in [-0.05, 0) is 34.9 Å². The van der Waals surface area contributed by atoms with Crippen LogP contribution in [0.2, 0.25) is 9.36 Å². The van der Waals surface area contributed by atoms with Gasteiger partial charge in [0, 0.05) is 18.0 Å². The van der Waals surface area contributed by atoms with Gasteiger partial charge in [-0.3, -0.25) is 9.20 Å². The van der Waals surface area contributed by atoms with Crippen LogP contribution in [-0.2, 0) is 21.2 Å². The fourth-order valence-corrected chi connectivity index (χ4v) is 7.35. The minimum Gasteiger partial charge on any atom is -0.288 e. The molecule has 0 bridgehead atoms. The molecule has 0 unspecified atom stereocenters. The van der Waals surface area contributed by atoms with E-state index in [9.17, 15) is 13.2 Å². The van der Waals surface area contributed by atoms with Gasteiger partial charge >= 0.3 is 0 Å². The normalized spacial score (nSPS) is 11.7. The number of aromatic nitrogens is 2. The van der Waals surface area contributed by atoms with E-state index in [-0.39, 0.29) is 13.6 Å². The molecule has 0 saturated heterocycles. The number of rotatable bonds is 5. The second-order valence-corrected chi connectivity index (χ2v) is 12.4. The van der Waals surface area contributed by atoms with Gasteiger partial charge in [-0.2, -0.15) is 0 Å². The molecule has 5 aromatic rings. The quantitative estimate of drug-likeness (QED) is 0.240. The fraction of sp³-hybridized carbons (Fsp3) is 0.120. The molecule has 0 atom stereocenters. The lowest BCUT2D eigenvalue weighted by atomic mass is 10.0. The number of thiophene rings is 1. The Bertz CT molecular complexity index is 1660. The van der Waals surface area contributed by atoms with Crippen molar-refractivity contribution in [1.29, 1.82) is 0 Å². The van der Waals surface area contributed by atoms with Gasteiger partial charge in [0.1, 0.15) is 8.55 Å². The van der Waals surface area contributed by atoms with Crippen LogP contribution in [0.15, 0.2) is 64.3 Å². The van der Waals surface area contributed by atoms with Crippen LogP contribution in [-0.4, -0.2) is 23.7 Å². The molecular weight excluding hydrogens is 557 g/mol. The Balaban J connectivity index is 0.000000189. The Morgan fingerprint density at radius 2 is 1.89 bits per heavy atom. The summed E-state index contributed by atoms with van der Waals surface area (Å²) in [6.07, 6.45) is 7.31. The number of nitrogens with one attached hydrogen (secondary N) is 1. The average molecular weight is 579 g/mol. The van der Waals surface area contributed by atoms with Crippen molar-refractivity contribution in [1.82, 2.24) is 14.1 Å². The molecule has 5 rings (SSSR count). The summed E-state index contributed by atoms with van der Waals surface area (Å²) in [7, 11) is -3.81. The summed E-state index contributed by atoms with van der Waals surface area (Å²) >= 11 is 13.7. The summed E-state index contributed by atoms with van der Waals surface area (Å²) in [6, 6.07) is 16.1. The van der Waals surface area contributed by atoms with Crippen molar-refractivity contribution < 1.29 is 13.2 Å². The highest BCUT2D eigenvalue weighted by molar-refractivity contribution is 7.92. The average Bonchev–Trinajstić information content (AvgIpc) is 3.53. The second kappa shape index (κ2) is 11.1. The number of fused-ring (bicyclic) bond motifs is 2. The zero-order valence-corrected chi connectivity index (χ0v) is 23.2. The summed E-state index contributed by atoms with van der Waals surface area (Å²) in [5, 5.41) is 4.90. The number of thiazole rings is 1. The first kappa shape index (κ1) is 26.4. The highest BCUT2D eigenvalue weighted by Gasteiger charge is 2.20. The maximum Gasteiger partial charge on any atom is 0.273 e. The third-order valence-corrected chi connectivity index (χ3v) is 9.79. The lowest BCUT2D eigenvalue weighted by Gasteiger charge is -2.02. The third-order valence-electron chi connectivity index (χ3n) is 5.13. The Morgan fingerprint density at radius 3 is 2.58 bits per heavy atom. The molecule has 1 amide bonds. The molecule has 0 saturated carbocycles. The maximum absolute atomic E-state index is 11.4. The van der Waals surface area contributed by atoms with E-state index in [1.165, 1.54) is 28.1 Å². The van der Waals surface area contributed by atoms with E-state index >= 15 is 0 Å².